The number of H-pyrrole nitrogens is 1. The summed E-state index contributed by atoms with van der Waals surface area (Å²) in [6.45, 7) is 1.84. The number of nitrogens with two attached hydrogens (primary N) is 1. The first-order valence-corrected chi connectivity index (χ1v) is 9.50. The molecule has 3 N–H and O–H groups in total. The van der Waals surface area contributed by atoms with Crippen LogP contribution in [-0.4, -0.2) is 33.6 Å². The lowest BCUT2D eigenvalue weighted by Crippen LogP contribution is -2.52. The fraction of sp³-hybridized carbons (Fsp3) is 0.273. The molecule has 3 heterocycles. The minimum atomic E-state index is -0.163. The van der Waals surface area contributed by atoms with Gasteiger partial charge in [-0.2, -0.15) is 0 Å². The van der Waals surface area contributed by atoms with Crippen molar-refractivity contribution in [3.63, 3.8) is 0 Å². The Labute approximate surface area is 158 Å². The highest BCUT2D eigenvalue weighted by atomic mass is 15.2. The van der Waals surface area contributed by atoms with Gasteiger partial charge in [-0.1, -0.05) is 42.5 Å². The van der Waals surface area contributed by atoms with Crippen molar-refractivity contribution in [3.8, 4) is 0 Å². The lowest BCUT2D eigenvalue weighted by molar-refractivity contribution is 0.330. The maximum Gasteiger partial charge on any atom is 0.142 e. The Morgan fingerprint density at radius 3 is 2.67 bits per heavy atom. The van der Waals surface area contributed by atoms with E-state index in [2.05, 4.69) is 62.3 Å². The van der Waals surface area contributed by atoms with Crippen LogP contribution in [0.3, 0.4) is 0 Å². The standard InChI is InChI=1S/C22H23N5/c23-22(14-16-5-6-17-3-1-2-4-18(17)13-16)8-11-27(12-9-22)21-19-7-10-24-20(19)25-15-26-21/h1-7,10,13,15H,8-9,11-12,14,23H2,(H,24,25,26). The van der Waals surface area contributed by atoms with Crippen LogP contribution in [0.1, 0.15) is 18.4 Å². The molecule has 0 atom stereocenters. The van der Waals surface area contributed by atoms with E-state index in [4.69, 9.17) is 5.73 Å². The maximum absolute atomic E-state index is 6.80. The number of rotatable bonds is 3. The zero-order valence-electron chi connectivity index (χ0n) is 15.2. The van der Waals surface area contributed by atoms with Crippen LogP contribution in [0.4, 0.5) is 5.82 Å². The third-order valence-corrected chi connectivity index (χ3v) is 5.76. The summed E-state index contributed by atoms with van der Waals surface area (Å²) in [6.07, 6.45) is 6.37. The van der Waals surface area contributed by atoms with E-state index in [0.717, 1.165) is 49.2 Å². The molecule has 0 aliphatic carbocycles. The first-order chi connectivity index (χ1) is 13.2. The van der Waals surface area contributed by atoms with Crippen molar-refractivity contribution in [1.29, 1.82) is 0 Å². The summed E-state index contributed by atoms with van der Waals surface area (Å²) in [5, 5.41) is 3.64. The van der Waals surface area contributed by atoms with Gasteiger partial charge in [0.05, 0.1) is 5.39 Å². The van der Waals surface area contributed by atoms with Crippen molar-refractivity contribution >= 4 is 27.6 Å². The molecule has 27 heavy (non-hydrogen) atoms. The number of nitrogens with zero attached hydrogens (tertiary/aromatic N) is 3. The van der Waals surface area contributed by atoms with Gasteiger partial charge in [-0.15, -0.1) is 0 Å². The van der Waals surface area contributed by atoms with Crippen LogP contribution in [0.15, 0.2) is 61.1 Å². The van der Waals surface area contributed by atoms with E-state index in [0.29, 0.717) is 0 Å². The molecule has 2 aromatic heterocycles. The summed E-state index contributed by atoms with van der Waals surface area (Å²) < 4.78 is 0. The molecule has 0 spiro atoms. The number of anilines is 1. The van der Waals surface area contributed by atoms with Gasteiger partial charge in [0, 0.05) is 24.8 Å². The Hall–Kier alpha value is -2.92. The number of aromatic nitrogens is 3. The summed E-state index contributed by atoms with van der Waals surface area (Å²) in [5.41, 5.74) is 8.85. The second-order valence-corrected chi connectivity index (χ2v) is 7.64. The molecule has 4 aromatic rings. The Balaban J connectivity index is 1.33. The van der Waals surface area contributed by atoms with Crippen molar-refractivity contribution < 1.29 is 0 Å². The lowest BCUT2D eigenvalue weighted by atomic mass is 9.82. The van der Waals surface area contributed by atoms with Gasteiger partial charge in [0.1, 0.15) is 17.8 Å². The molecule has 5 nitrogen and oxygen atoms in total. The van der Waals surface area contributed by atoms with Crippen LogP contribution in [-0.2, 0) is 6.42 Å². The zero-order valence-corrected chi connectivity index (χ0v) is 15.2. The number of hydrogen-bond donors (Lipinski definition) is 2. The highest BCUT2D eigenvalue weighted by Gasteiger charge is 2.32. The minimum Gasteiger partial charge on any atom is -0.356 e. The first-order valence-electron chi connectivity index (χ1n) is 9.50. The normalized spacial score (nSPS) is 16.9. The minimum absolute atomic E-state index is 0.163. The maximum atomic E-state index is 6.80. The van der Waals surface area contributed by atoms with Gasteiger partial charge in [0.15, 0.2) is 0 Å². The first kappa shape index (κ1) is 16.3. The molecule has 5 rings (SSSR count). The Morgan fingerprint density at radius 1 is 1.00 bits per heavy atom. The van der Waals surface area contributed by atoms with Crippen molar-refractivity contribution in [2.45, 2.75) is 24.8 Å². The highest BCUT2D eigenvalue weighted by Crippen LogP contribution is 2.30. The van der Waals surface area contributed by atoms with Gasteiger partial charge in [-0.05, 0) is 41.7 Å². The number of piperidine rings is 1. The molecule has 1 aliphatic rings. The molecular weight excluding hydrogens is 334 g/mol. The molecule has 1 saturated heterocycles. The van der Waals surface area contributed by atoms with Gasteiger partial charge >= 0.3 is 0 Å². The van der Waals surface area contributed by atoms with Crippen LogP contribution in [0.5, 0.6) is 0 Å². The van der Waals surface area contributed by atoms with Crippen molar-refractivity contribution in [2.24, 2.45) is 5.73 Å². The SMILES string of the molecule is NC1(Cc2ccc3ccccc3c2)CCN(c2ncnc3[nH]ccc23)CC1. The quantitative estimate of drug-likeness (QED) is 0.587. The van der Waals surface area contributed by atoms with Crippen molar-refractivity contribution in [1.82, 2.24) is 15.0 Å². The van der Waals surface area contributed by atoms with Gasteiger partial charge in [0.25, 0.3) is 0 Å². The number of fused-ring (bicyclic) bond motifs is 2. The van der Waals surface area contributed by atoms with E-state index in [1.54, 1.807) is 6.33 Å². The van der Waals surface area contributed by atoms with Gasteiger partial charge in [0.2, 0.25) is 0 Å². The summed E-state index contributed by atoms with van der Waals surface area (Å²) in [7, 11) is 0. The molecule has 0 unspecified atom stereocenters. The lowest BCUT2D eigenvalue weighted by Gasteiger charge is -2.40. The van der Waals surface area contributed by atoms with E-state index in [1.807, 2.05) is 12.3 Å². The summed E-state index contributed by atoms with van der Waals surface area (Å²) in [5.74, 6) is 1.01. The summed E-state index contributed by atoms with van der Waals surface area (Å²) in [4.78, 5) is 14.3. The predicted molar refractivity (Wildman–Crippen MR) is 110 cm³/mol. The topological polar surface area (TPSA) is 70.8 Å². The molecule has 0 radical (unpaired) electrons. The molecule has 1 aliphatic heterocycles. The summed E-state index contributed by atoms with van der Waals surface area (Å²) in [6, 6.07) is 17.2. The number of nitrogens with one attached hydrogen (secondary N) is 1. The second kappa shape index (κ2) is 6.35. The molecule has 0 bridgehead atoms. The smallest absolute Gasteiger partial charge is 0.142 e. The van der Waals surface area contributed by atoms with Gasteiger partial charge < -0.3 is 15.6 Å². The van der Waals surface area contributed by atoms with Crippen LogP contribution in [0.25, 0.3) is 21.8 Å². The Kier molecular flexibility index (Phi) is 3.83. The zero-order chi connectivity index (χ0) is 18.3. The predicted octanol–water partition coefficient (Wildman–Crippen LogP) is 3.65. The van der Waals surface area contributed by atoms with Crippen molar-refractivity contribution in [2.75, 3.05) is 18.0 Å². The fourth-order valence-electron chi connectivity index (χ4n) is 4.21. The monoisotopic (exact) mass is 357 g/mol. The molecular formula is C22H23N5. The van der Waals surface area contributed by atoms with Gasteiger partial charge in [-0.3, -0.25) is 0 Å². The van der Waals surface area contributed by atoms with Crippen LogP contribution in [0.2, 0.25) is 0 Å². The van der Waals surface area contributed by atoms with E-state index in [-0.39, 0.29) is 5.54 Å². The van der Waals surface area contributed by atoms with Gasteiger partial charge in [-0.25, -0.2) is 9.97 Å². The molecule has 136 valence electrons. The fourth-order valence-corrected chi connectivity index (χ4v) is 4.21. The number of hydrogen-bond acceptors (Lipinski definition) is 4. The summed E-state index contributed by atoms with van der Waals surface area (Å²) >= 11 is 0. The number of benzene rings is 2. The Morgan fingerprint density at radius 2 is 1.81 bits per heavy atom. The third kappa shape index (κ3) is 3.04. The molecule has 1 fully saturated rings. The number of aromatic amines is 1. The largest absolute Gasteiger partial charge is 0.356 e. The average molecular weight is 357 g/mol. The molecule has 0 saturated carbocycles. The van der Waals surface area contributed by atoms with E-state index in [1.165, 1.54) is 16.3 Å². The highest BCUT2D eigenvalue weighted by molar-refractivity contribution is 5.87. The van der Waals surface area contributed by atoms with E-state index in [9.17, 15) is 0 Å². The van der Waals surface area contributed by atoms with Crippen LogP contribution in [0, 0.1) is 0 Å². The van der Waals surface area contributed by atoms with Crippen LogP contribution < -0.4 is 10.6 Å². The van der Waals surface area contributed by atoms with E-state index >= 15 is 0 Å². The van der Waals surface area contributed by atoms with E-state index < -0.39 is 0 Å². The average Bonchev–Trinajstić information content (AvgIpc) is 3.17. The van der Waals surface area contributed by atoms with Crippen molar-refractivity contribution in [3.05, 3.63) is 66.6 Å². The second-order valence-electron chi connectivity index (χ2n) is 7.64. The Bertz CT molecular complexity index is 1090. The molecule has 0 amide bonds. The molecule has 2 aromatic carbocycles. The van der Waals surface area contributed by atoms with Crippen LogP contribution >= 0.6 is 0 Å². The molecule has 5 heteroatoms. The third-order valence-electron chi connectivity index (χ3n) is 5.76.